The lowest BCUT2D eigenvalue weighted by molar-refractivity contribution is -0.206. The Morgan fingerprint density at radius 1 is 1.25 bits per heavy atom. The summed E-state index contributed by atoms with van der Waals surface area (Å²) in [5.41, 5.74) is 0.505. The second kappa shape index (κ2) is 6.43. The molecule has 3 atom stereocenters. The number of aromatic nitrogens is 2. The first-order chi connectivity index (χ1) is 13.4. The highest BCUT2D eigenvalue weighted by atomic mass is 32.1. The minimum atomic E-state index is -4.79. The number of rotatable bonds is 3. The number of hydrogen-bond acceptors (Lipinski definition) is 7. The molecule has 0 amide bonds. The molecular weight excluding hydrogens is 393 g/mol. The van der Waals surface area contributed by atoms with Crippen LogP contribution < -0.4 is 10.2 Å². The van der Waals surface area contributed by atoms with Crippen molar-refractivity contribution in [2.45, 2.75) is 37.2 Å². The topological polar surface area (TPSA) is 74.4 Å². The highest BCUT2D eigenvalue weighted by Gasteiger charge is 2.42. The van der Waals surface area contributed by atoms with Gasteiger partial charge in [0.05, 0.1) is 5.56 Å². The molecule has 5 rings (SSSR count). The van der Waals surface area contributed by atoms with E-state index in [0.29, 0.717) is 35.7 Å². The minimum absolute atomic E-state index is 0.0263. The first-order valence-electron chi connectivity index (χ1n) is 8.99. The molecule has 0 radical (unpaired) electrons. The summed E-state index contributed by atoms with van der Waals surface area (Å²) in [6.07, 6.45) is -3.68. The Bertz CT molecular complexity index is 992. The van der Waals surface area contributed by atoms with Gasteiger partial charge >= 0.3 is 6.18 Å². The van der Waals surface area contributed by atoms with E-state index in [2.05, 4.69) is 15.3 Å². The normalized spacial score (nSPS) is 23.5. The number of oxazole rings is 1. The molecule has 10 heteroatoms. The largest absolute Gasteiger partial charge is 0.423 e. The van der Waals surface area contributed by atoms with Crippen LogP contribution in [0.25, 0.3) is 21.7 Å². The summed E-state index contributed by atoms with van der Waals surface area (Å²) in [7, 11) is 0. The zero-order chi connectivity index (χ0) is 19.5. The smallest absolute Gasteiger partial charge is 0.418 e. The zero-order valence-corrected chi connectivity index (χ0v) is 15.4. The van der Waals surface area contributed by atoms with Crippen molar-refractivity contribution in [1.29, 1.82) is 0 Å². The fourth-order valence-corrected chi connectivity index (χ4v) is 4.69. The molecule has 0 spiro atoms. The second-order valence-corrected chi connectivity index (χ2v) is 8.10. The monoisotopic (exact) mass is 410 g/mol. The molecule has 3 aromatic rings. The van der Waals surface area contributed by atoms with Crippen LogP contribution >= 0.6 is 11.3 Å². The number of alkyl halides is 3. The Kier molecular flexibility index (Phi) is 4.11. The van der Waals surface area contributed by atoms with Gasteiger partial charge in [0.25, 0.3) is 6.01 Å². The molecule has 0 aliphatic carbocycles. The lowest BCUT2D eigenvalue weighted by Gasteiger charge is -2.31. The molecule has 28 heavy (non-hydrogen) atoms. The van der Waals surface area contributed by atoms with Gasteiger partial charge in [0.1, 0.15) is 10.5 Å². The van der Waals surface area contributed by atoms with Crippen LogP contribution in [0.1, 0.15) is 24.5 Å². The summed E-state index contributed by atoms with van der Waals surface area (Å²) >= 11 is 1.36. The van der Waals surface area contributed by atoms with Crippen molar-refractivity contribution in [1.82, 2.24) is 15.3 Å². The van der Waals surface area contributed by atoms with Crippen LogP contribution in [0, 0.1) is 0 Å². The van der Waals surface area contributed by atoms with Crippen molar-refractivity contribution in [2.75, 3.05) is 18.0 Å². The van der Waals surface area contributed by atoms with Crippen LogP contribution in [0.4, 0.5) is 19.2 Å². The van der Waals surface area contributed by atoms with Crippen molar-refractivity contribution in [3.63, 3.8) is 0 Å². The van der Waals surface area contributed by atoms with E-state index in [1.807, 2.05) is 4.90 Å². The maximum absolute atomic E-state index is 13.2. The van der Waals surface area contributed by atoms with Crippen molar-refractivity contribution in [3.8, 4) is 10.6 Å². The highest BCUT2D eigenvalue weighted by molar-refractivity contribution is 7.13. The predicted molar refractivity (Wildman–Crippen MR) is 98.3 cm³/mol. The number of thiazole rings is 1. The van der Waals surface area contributed by atoms with E-state index in [1.54, 1.807) is 11.6 Å². The van der Waals surface area contributed by atoms with Crippen LogP contribution in [0.15, 0.2) is 28.1 Å². The lowest BCUT2D eigenvalue weighted by Crippen LogP contribution is -2.51. The van der Waals surface area contributed by atoms with E-state index in [9.17, 15) is 18.3 Å². The minimum Gasteiger partial charge on any atom is -0.423 e. The number of benzene rings is 1. The van der Waals surface area contributed by atoms with Crippen LogP contribution in [-0.4, -0.2) is 46.4 Å². The molecule has 2 aliphatic rings. The molecule has 4 heterocycles. The van der Waals surface area contributed by atoms with E-state index in [1.165, 1.54) is 23.5 Å². The van der Waals surface area contributed by atoms with Crippen LogP contribution in [0.2, 0.25) is 0 Å². The van der Waals surface area contributed by atoms with E-state index in [0.717, 1.165) is 12.8 Å². The average Bonchev–Trinajstić information content (AvgIpc) is 3.39. The Hall–Kier alpha value is -2.17. The number of aliphatic hydroxyl groups is 1. The molecule has 2 bridgehead atoms. The highest BCUT2D eigenvalue weighted by Crippen LogP contribution is 2.41. The van der Waals surface area contributed by atoms with Crippen molar-refractivity contribution >= 4 is 28.5 Å². The van der Waals surface area contributed by atoms with E-state index in [4.69, 9.17) is 4.42 Å². The van der Waals surface area contributed by atoms with E-state index in [-0.39, 0.29) is 22.7 Å². The molecule has 2 aliphatic heterocycles. The maximum atomic E-state index is 13.2. The molecular formula is C18H17F3N4O2S. The van der Waals surface area contributed by atoms with Gasteiger partial charge in [0.2, 0.25) is 0 Å². The summed E-state index contributed by atoms with van der Waals surface area (Å²) < 4.78 is 45.5. The van der Waals surface area contributed by atoms with Crippen LogP contribution in [0.3, 0.4) is 0 Å². The fraction of sp³-hybridized carbons (Fsp3) is 0.444. The van der Waals surface area contributed by atoms with E-state index < -0.39 is 12.3 Å². The Morgan fingerprint density at radius 3 is 2.64 bits per heavy atom. The number of hydrogen-bond donors (Lipinski definition) is 2. The van der Waals surface area contributed by atoms with Crippen LogP contribution in [-0.2, 0) is 0 Å². The van der Waals surface area contributed by atoms with Gasteiger partial charge in [-0.25, -0.2) is 4.98 Å². The third-order valence-electron chi connectivity index (χ3n) is 5.32. The third-order valence-corrected chi connectivity index (χ3v) is 6.12. The first kappa shape index (κ1) is 17.9. The van der Waals surface area contributed by atoms with Gasteiger partial charge < -0.3 is 19.7 Å². The summed E-state index contributed by atoms with van der Waals surface area (Å²) in [6, 6.07) is 3.69. The Morgan fingerprint density at radius 2 is 2.00 bits per heavy atom. The number of anilines is 1. The SMILES string of the molecule is O[C@H](c1ccc(-c2nccs2)c2oc(N3CC4CCC(C3)N4)nc12)C(F)(F)F. The lowest BCUT2D eigenvalue weighted by atomic mass is 10.0. The average molecular weight is 410 g/mol. The summed E-state index contributed by atoms with van der Waals surface area (Å²) in [5.74, 6) is 0. The van der Waals surface area contributed by atoms with Gasteiger partial charge in [-0.1, -0.05) is 6.07 Å². The van der Waals surface area contributed by atoms with Crippen molar-refractivity contribution in [2.24, 2.45) is 0 Å². The fourth-order valence-electron chi connectivity index (χ4n) is 4.03. The molecule has 1 aromatic carbocycles. The summed E-state index contributed by atoms with van der Waals surface area (Å²) in [4.78, 5) is 10.6. The van der Waals surface area contributed by atoms with E-state index >= 15 is 0 Å². The third kappa shape index (κ3) is 2.96. The number of aliphatic hydroxyl groups excluding tert-OH is 1. The summed E-state index contributed by atoms with van der Waals surface area (Å²) in [6.45, 7) is 1.38. The van der Waals surface area contributed by atoms with Gasteiger partial charge in [-0.05, 0) is 18.9 Å². The van der Waals surface area contributed by atoms with Crippen molar-refractivity contribution in [3.05, 3.63) is 29.3 Å². The zero-order valence-electron chi connectivity index (χ0n) is 14.6. The van der Waals surface area contributed by atoms with Crippen molar-refractivity contribution < 1.29 is 22.7 Å². The Labute approximate surface area is 162 Å². The number of fused-ring (bicyclic) bond motifs is 3. The molecule has 0 saturated carbocycles. The number of nitrogens with one attached hydrogen (secondary N) is 1. The summed E-state index contributed by atoms with van der Waals surface area (Å²) in [5, 5.41) is 15.8. The molecule has 2 unspecified atom stereocenters. The molecule has 2 N–H and O–H groups in total. The molecule has 6 nitrogen and oxygen atoms in total. The number of nitrogens with zero attached hydrogens (tertiary/aromatic N) is 3. The van der Waals surface area contributed by atoms with Gasteiger partial charge in [0, 0.05) is 42.3 Å². The molecule has 2 fully saturated rings. The van der Waals surface area contributed by atoms with Gasteiger partial charge in [-0.3, -0.25) is 0 Å². The van der Waals surface area contributed by atoms with Gasteiger partial charge in [-0.2, -0.15) is 18.2 Å². The molecule has 2 aromatic heterocycles. The second-order valence-electron chi connectivity index (χ2n) is 7.20. The molecule has 148 valence electrons. The Balaban J connectivity index is 1.64. The number of piperazine rings is 1. The maximum Gasteiger partial charge on any atom is 0.418 e. The first-order valence-corrected chi connectivity index (χ1v) is 9.87. The van der Waals surface area contributed by atoms with Gasteiger partial charge in [0.15, 0.2) is 11.7 Å². The standard InChI is InChI=1S/C18H17F3N4O2S/c19-18(20,21)15(26)11-3-4-12(16-22-5-6-28-16)14-13(11)24-17(27-14)25-7-9-1-2-10(8-25)23-9/h3-6,9-10,15,23,26H,1-2,7-8H2/t9?,10?,15-/m1/s1. The quantitative estimate of drug-likeness (QED) is 0.689. The molecule has 2 saturated heterocycles. The number of halogens is 3. The predicted octanol–water partition coefficient (Wildman–Crippen LogP) is 3.49. The van der Waals surface area contributed by atoms with Gasteiger partial charge in [-0.15, -0.1) is 11.3 Å². The van der Waals surface area contributed by atoms with Crippen LogP contribution in [0.5, 0.6) is 0 Å².